The minimum atomic E-state index is 0.109. The lowest BCUT2D eigenvalue weighted by molar-refractivity contribution is 0.255. The Morgan fingerprint density at radius 1 is 1.38 bits per heavy atom. The van der Waals surface area contributed by atoms with E-state index in [0.29, 0.717) is 4.77 Å². The van der Waals surface area contributed by atoms with E-state index in [1.165, 1.54) is 24.1 Å². The maximum Gasteiger partial charge on any atom is 0.263 e. The van der Waals surface area contributed by atoms with Gasteiger partial charge in [-0.25, -0.2) is 0 Å². The van der Waals surface area contributed by atoms with E-state index in [1.54, 1.807) is 11.3 Å². The van der Waals surface area contributed by atoms with Crippen LogP contribution in [0.1, 0.15) is 55.5 Å². The van der Waals surface area contributed by atoms with Gasteiger partial charge < -0.3 is 4.98 Å². The summed E-state index contributed by atoms with van der Waals surface area (Å²) in [5.74, 6) is 0.728. The van der Waals surface area contributed by atoms with Crippen molar-refractivity contribution < 1.29 is 0 Å². The molecule has 2 aromatic rings. The van der Waals surface area contributed by atoms with Gasteiger partial charge in [0.05, 0.1) is 5.39 Å². The summed E-state index contributed by atoms with van der Waals surface area (Å²) in [5.41, 5.74) is 1.21. The number of hydrogen-bond donors (Lipinski definition) is 1. The molecule has 1 fully saturated rings. The van der Waals surface area contributed by atoms with Gasteiger partial charge in [-0.05, 0) is 50.4 Å². The van der Waals surface area contributed by atoms with E-state index in [0.717, 1.165) is 34.5 Å². The molecule has 2 unspecified atom stereocenters. The monoisotopic (exact) mass is 322 g/mol. The fourth-order valence-electron chi connectivity index (χ4n) is 3.54. The first-order valence-corrected chi connectivity index (χ1v) is 9.00. The van der Waals surface area contributed by atoms with E-state index in [4.69, 9.17) is 12.2 Å². The zero-order valence-electron chi connectivity index (χ0n) is 12.9. The molecule has 2 heterocycles. The van der Waals surface area contributed by atoms with Crippen LogP contribution in [0.15, 0.2) is 4.79 Å². The fourth-order valence-corrected chi connectivity index (χ4v) is 4.99. The molecule has 0 amide bonds. The number of aromatic nitrogens is 2. The van der Waals surface area contributed by atoms with Gasteiger partial charge in [-0.3, -0.25) is 9.36 Å². The molecule has 1 aliphatic rings. The molecular formula is C16H22N2OS2. The highest BCUT2D eigenvalue weighted by molar-refractivity contribution is 7.71. The largest absolute Gasteiger partial charge is 0.323 e. The van der Waals surface area contributed by atoms with Crippen LogP contribution >= 0.6 is 23.6 Å². The van der Waals surface area contributed by atoms with Crippen molar-refractivity contribution in [3.8, 4) is 0 Å². The van der Waals surface area contributed by atoms with Crippen molar-refractivity contribution in [3.05, 3.63) is 25.6 Å². The Kier molecular flexibility index (Phi) is 4.06. The molecule has 2 aromatic heterocycles. The van der Waals surface area contributed by atoms with Gasteiger partial charge in [-0.15, -0.1) is 11.3 Å². The lowest BCUT2D eigenvalue weighted by atomic mass is 9.84. The molecule has 0 bridgehead atoms. The Balaban J connectivity index is 2.16. The highest BCUT2D eigenvalue weighted by Gasteiger charge is 2.25. The second-order valence-electron chi connectivity index (χ2n) is 6.19. The highest BCUT2D eigenvalue weighted by Crippen LogP contribution is 2.34. The van der Waals surface area contributed by atoms with Crippen molar-refractivity contribution in [3.63, 3.8) is 0 Å². The maximum absolute atomic E-state index is 13.0. The molecule has 0 aromatic carbocycles. The van der Waals surface area contributed by atoms with Crippen LogP contribution in [-0.2, 0) is 0 Å². The van der Waals surface area contributed by atoms with Crippen molar-refractivity contribution in [1.82, 2.24) is 9.55 Å². The van der Waals surface area contributed by atoms with Crippen molar-refractivity contribution in [1.29, 1.82) is 0 Å². The minimum Gasteiger partial charge on any atom is -0.323 e. The number of nitrogens with zero attached hydrogens (tertiary/aromatic N) is 1. The molecule has 3 rings (SSSR count). The van der Waals surface area contributed by atoms with Gasteiger partial charge in [0.25, 0.3) is 5.56 Å². The maximum atomic E-state index is 13.0. The Bertz CT molecular complexity index is 784. The van der Waals surface area contributed by atoms with Crippen LogP contribution < -0.4 is 5.56 Å². The third-order valence-corrected chi connectivity index (χ3v) is 6.38. The summed E-state index contributed by atoms with van der Waals surface area (Å²) in [7, 11) is 0. The summed E-state index contributed by atoms with van der Waals surface area (Å²) in [6.45, 7) is 6.34. The average molecular weight is 322 g/mol. The van der Waals surface area contributed by atoms with E-state index in [1.807, 2.05) is 11.5 Å². The predicted molar refractivity (Wildman–Crippen MR) is 92.0 cm³/mol. The molecular weight excluding hydrogens is 300 g/mol. The topological polar surface area (TPSA) is 37.8 Å². The van der Waals surface area contributed by atoms with Gasteiger partial charge in [0, 0.05) is 10.9 Å². The lowest BCUT2D eigenvalue weighted by Crippen LogP contribution is -2.30. The normalized spacial score (nSPS) is 22.8. The number of aryl methyl sites for hydroxylation is 2. The second kappa shape index (κ2) is 5.69. The Morgan fingerprint density at radius 3 is 2.86 bits per heavy atom. The van der Waals surface area contributed by atoms with E-state index in [-0.39, 0.29) is 11.6 Å². The Morgan fingerprint density at radius 2 is 2.14 bits per heavy atom. The molecule has 0 spiro atoms. The summed E-state index contributed by atoms with van der Waals surface area (Å²) in [6, 6.07) is 0.268. The number of fused-ring (bicyclic) bond motifs is 1. The van der Waals surface area contributed by atoms with Gasteiger partial charge in [0.1, 0.15) is 4.83 Å². The van der Waals surface area contributed by atoms with E-state index >= 15 is 0 Å². The smallest absolute Gasteiger partial charge is 0.263 e. The van der Waals surface area contributed by atoms with Crippen LogP contribution in [0.4, 0.5) is 0 Å². The number of thiophene rings is 1. The highest BCUT2D eigenvalue weighted by atomic mass is 32.1. The van der Waals surface area contributed by atoms with Crippen LogP contribution in [0.2, 0.25) is 0 Å². The summed E-state index contributed by atoms with van der Waals surface area (Å²) >= 11 is 7.12. The van der Waals surface area contributed by atoms with Crippen LogP contribution in [0.5, 0.6) is 0 Å². The molecule has 21 heavy (non-hydrogen) atoms. The number of hydrogen-bond acceptors (Lipinski definition) is 3. The van der Waals surface area contributed by atoms with Crippen molar-refractivity contribution >= 4 is 33.8 Å². The fraction of sp³-hybridized carbons (Fsp3) is 0.625. The molecule has 0 aliphatic heterocycles. The quantitative estimate of drug-likeness (QED) is 0.800. The zero-order valence-corrected chi connectivity index (χ0v) is 14.5. The first-order valence-electron chi connectivity index (χ1n) is 7.77. The third kappa shape index (κ3) is 2.50. The first kappa shape index (κ1) is 15.0. The molecule has 1 saturated carbocycles. The molecule has 5 heteroatoms. The van der Waals surface area contributed by atoms with E-state index in [2.05, 4.69) is 18.8 Å². The molecule has 2 atom stereocenters. The van der Waals surface area contributed by atoms with Crippen LogP contribution in [0.25, 0.3) is 10.2 Å². The number of aromatic amines is 1. The lowest BCUT2D eigenvalue weighted by Gasteiger charge is -2.29. The van der Waals surface area contributed by atoms with Crippen molar-refractivity contribution in [2.45, 2.75) is 58.9 Å². The van der Waals surface area contributed by atoms with Crippen LogP contribution in [0.3, 0.4) is 0 Å². The number of nitrogens with one attached hydrogen (secondary N) is 1. The standard InChI is InChI=1S/C16H22N2OS2/c1-4-11-6-5-7-12(8-11)18-15(19)13-9(2)10(3)21-14(13)17-16(18)20/h11-12H,4-8H2,1-3H3,(H,17,20). The van der Waals surface area contributed by atoms with Gasteiger partial charge in [-0.2, -0.15) is 0 Å². The summed E-state index contributed by atoms with van der Waals surface area (Å²) in [5, 5.41) is 0.838. The van der Waals surface area contributed by atoms with E-state index in [9.17, 15) is 4.79 Å². The molecule has 1 aliphatic carbocycles. The molecule has 3 nitrogen and oxygen atoms in total. The minimum absolute atomic E-state index is 0.109. The number of H-pyrrole nitrogens is 1. The van der Waals surface area contributed by atoms with E-state index < -0.39 is 0 Å². The molecule has 0 saturated heterocycles. The summed E-state index contributed by atoms with van der Waals surface area (Å²) in [6.07, 6.45) is 5.84. The van der Waals surface area contributed by atoms with Gasteiger partial charge in [0.2, 0.25) is 0 Å². The zero-order chi connectivity index (χ0) is 15.1. The molecule has 0 radical (unpaired) electrons. The second-order valence-corrected chi connectivity index (χ2v) is 7.80. The predicted octanol–water partition coefficient (Wildman–Crippen LogP) is 4.88. The average Bonchev–Trinajstić information content (AvgIpc) is 2.74. The van der Waals surface area contributed by atoms with Crippen LogP contribution in [0, 0.1) is 24.5 Å². The van der Waals surface area contributed by atoms with Crippen LogP contribution in [-0.4, -0.2) is 9.55 Å². The Hall–Kier alpha value is -0.940. The first-order chi connectivity index (χ1) is 10.0. The Labute approximate surface area is 134 Å². The van der Waals surface area contributed by atoms with Crippen molar-refractivity contribution in [2.24, 2.45) is 5.92 Å². The third-order valence-electron chi connectivity index (χ3n) is 4.95. The SMILES string of the molecule is CCC1CCCC(n2c(=S)[nH]c3sc(C)c(C)c3c2=O)C1. The summed E-state index contributed by atoms with van der Waals surface area (Å²) < 4.78 is 2.45. The van der Waals surface area contributed by atoms with Gasteiger partial charge >= 0.3 is 0 Å². The van der Waals surface area contributed by atoms with Gasteiger partial charge in [0.15, 0.2) is 4.77 Å². The summed E-state index contributed by atoms with van der Waals surface area (Å²) in [4.78, 5) is 18.4. The van der Waals surface area contributed by atoms with Crippen molar-refractivity contribution in [2.75, 3.05) is 0 Å². The molecule has 1 N–H and O–H groups in total. The molecule has 114 valence electrons. The number of rotatable bonds is 2. The van der Waals surface area contributed by atoms with Gasteiger partial charge in [-0.1, -0.05) is 26.2 Å².